The van der Waals surface area contributed by atoms with E-state index >= 15 is 0 Å². The van der Waals surface area contributed by atoms with Gasteiger partial charge in [-0.05, 0) is 68.3 Å². The molecule has 7 nitrogen and oxygen atoms in total. The Balaban J connectivity index is 0.00000289. The predicted molar refractivity (Wildman–Crippen MR) is 130 cm³/mol. The largest absolute Gasteiger partial charge is 0.375 e. The summed E-state index contributed by atoms with van der Waals surface area (Å²) in [5.41, 5.74) is 12.4. The Bertz CT molecular complexity index is 900. The van der Waals surface area contributed by atoms with Gasteiger partial charge in [-0.1, -0.05) is 28.8 Å². The van der Waals surface area contributed by atoms with Crippen LogP contribution in [0.4, 0.5) is 0 Å². The van der Waals surface area contributed by atoms with Crippen molar-refractivity contribution in [1.82, 2.24) is 14.7 Å². The van der Waals surface area contributed by atoms with Gasteiger partial charge in [0.1, 0.15) is 0 Å². The van der Waals surface area contributed by atoms with Crippen LogP contribution < -0.4 is 0 Å². The summed E-state index contributed by atoms with van der Waals surface area (Å²) in [6.07, 6.45) is 5.54. The zero-order valence-corrected chi connectivity index (χ0v) is 20.3. The van der Waals surface area contributed by atoms with Crippen molar-refractivity contribution in [3.63, 3.8) is 0 Å². The van der Waals surface area contributed by atoms with E-state index in [1.165, 1.54) is 17.0 Å². The number of aromatic nitrogens is 2. The molecule has 1 aromatic carbocycles. The summed E-state index contributed by atoms with van der Waals surface area (Å²) in [6, 6.07) is 11.2. The molecule has 1 aliphatic heterocycles. The molecule has 0 spiro atoms. The van der Waals surface area contributed by atoms with Crippen molar-refractivity contribution in [2.75, 3.05) is 19.7 Å². The first kappa shape index (κ1) is 24.9. The molecule has 9 heteroatoms. The highest BCUT2D eigenvalue weighted by atomic mass is 35.5. The first-order valence-electron chi connectivity index (χ1n) is 11.2. The second-order valence-corrected chi connectivity index (χ2v) is 9.33. The minimum atomic E-state index is -0.0338. The molecule has 0 amide bonds. The van der Waals surface area contributed by atoms with E-state index in [2.05, 4.69) is 40.0 Å². The van der Waals surface area contributed by atoms with Crippen molar-refractivity contribution < 1.29 is 4.74 Å². The normalized spacial score (nSPS) is 26.2. The molecule has 174 valence electrons. The number of nitrogens with zero attached hydrogens (tertiary/aromatic N) is 6. The minimum absolute atomic E-state index is 0. The molecular weight excluding hydrogens is 447 g/mol. The van der Waals surface area contributed by atoms with Crippen molar-refractivity contribution >= 4 is 24.0 Å². The fourth-order valence-electron chi connectivity index (χ4n) is 5.02. The van der Waals surface area contributed by atoms with E-state index in [0.29, 0.717) is 31.2 Å². The van der Waals surface area contributed by atoms with E-state index < -0.39 is 0 Å². The van der Waals surface area contributed by atoms with Gasteiger partial charge >= 0.3 is 0 Å². The van der Waals surface area contributed by atoms with Gasteiger partial charge in [0.05, 0.1) is 24.9 Å². The SMILES string of the molecule is Cc1cc(C2CCC(N3C[C@H](CN=[N+]=[N-])OC[C@@H]3Cc3ccc(Cl)cc3)CC2)nn1C.Cl. The molecule has 32 heavy (non-hydrogen) atoms. The third-order valence-corrected chi connectivity index (χ3v) is 7.11. The van der Waals surface area contributed by atoms with Crippen molar-refractivity contribution in [2.24, 2.45) is 12.2 Å². The highest BCUT2D eigenvalue weighted by Crippen LogP contribution is 2.36. The van der Waals surface area contributed by atoms with Gasteiger partial charge in [-0.15, -0.1) is 12.4 Å². The lowest BCUT2D eigenvalue weighted by molar-refractivity contribution is -0.0802. The van der Waals surface area contributed by atoms with Gasteiger partial charge in [0.2, 0.25) is 0 Å². The average Bonchev–Trinajstić information content (AvgIpc) is 3.13. The molecule has 2 aliphatic rings. The number of hydrogen-bond donors (Lipinski definition) is 0. The molecule has 2 atom stereocenters. The molecule has 1 aliphatic carbocycles. The number of hydrogen-bond acceptors (Lipinski definition) is 4. The maximum atomic E-state index is 8.71. The van der Waals surface area contributed by atoms with E-state index in [4.69, 9.17) is 27.0 Å². The van der Waals surface area contributed by atoms with Crippen molar-refractivity contribution in [3.05, 3.63) is 62.7 Å². The number of aryl methyl sites for hydroxylation is 2. The first-order chi connectivity index (χ1) is 15.0. The van der Waals surface area contributed by atoms with Gasteiger partial charge < -0.3 is 4.74 Å². The Morgan fingerprint density at radius 1 is 1.22 bits per heavy atom. The lowest BCUT2D eigenvalue weighted by Crippen LogP contribution is -2.56. The highest BCUT2D eigenvalue weighted by molar-refractivity contribution is 6.30. The van der Waals surface area contributed by atoms with Gasteiger partial charge in [0, 0.05) is 47.2 Å². The van der Waals surface area contributed by atoms with E-state index in [0.717, 1.165) is 43.7 Å². The Kier molecular flexibility index (Phi) is 8.86. The zero-order valence-electron chi connectivity index (χ0n) is 18.7. The van der Waals surface area contributed by atoms with Gasteiger partial charge in [0.25, 0.3) is 0 Å². The van der Waals surface area contributed by atoms with E-state index in [1.807, 2.05) is 23.9 Å². The van der Waals surface area contributed by atoms with Gasteiger partial charge in [-0.25, -0.2) is 0 Å². The van der Waals surface area contributed by atoms with Crippen LogP contribution in [0.2, 0.25) is 5.02 Å². The molecular formula is C23H32Cl2N6O. The fraction of sp³-hybridized carbons (Fsp3) is 0.609. The number of azide groups is 1. The van der Waals surface area contributed by atoms with E-state index in [1.54, 1.807) is 0 Å². The summed E-state index contributed by atoms with van der Waals surface area (Å²) in [4.78, 5) is 5.54. The number of benzene rings is 1. The van der Waals surface area contributed by atoms with Crippen LogP contribution in [0.1, 0.15) is 48.6 Å². The lowest BCUT2D eigenvalue weighted by Gasteiger charge is -2.46. The number of morpholine rings is 1. The first-order valence-corrected chi connectivity index (χ1v) is 11.5. The molecule has 2 heterocycles. The summed E-state index contributed by atoms with van der Waals surface area (Å²) in [5, 5.41) is 9.24. The quantitative estimate of drug-likeness (QED) is 0.314. The topological polar surface area (TPSA) is 79.1 Å². The molecule has 0 unspecified atom stereocenters. The third kappa shape index (κ3) is 5.97. The molecule has 0 N–H and O–H groups in total. The molecule has 4 rings (SSSR count). The van der Waals surface area contributed by atoms with Crippen LogP contribution in [-0.2, 0) is 18.2 Å². The maximum absolute atomic E-state index is 8.71. The highest BCUT2D eigenvalue weighted by Gasteiger charge is 2.36. The summed E-state index contributed by atoms with van der Waals surface area (Å²) in [6.45, 7) is 3.98. The molecule has 1 aromatic heterocycles. The molecule has 2 aromatic rings. The molecule has 0 bridgehead atoms. The monoisotopic (exact) mass is 478 g/mol. The van der Waals surface area contributed by atoms with Gasteiger partial charge in [-0.3, -0.25) is 9.58 Å². The summed E-state index contributed by atoms with van der Waals surface area (Å²) in [5.74, 6) is 0.547. The summed E-state index contributed by atoms with van der Waals surface area (Å²) < 4.78 is 8.05. The van der Waals surface area contributed by atoms with Crippen LogP contribution in [0.5, 0.6) is 0 Å². The molecule has 0 radical (unpaired) electrons. The van der Waals surface area contributed by atoms with Crippen LogP contribution in [0, 0.1) is 6.92 Å². The Morgan fingerprint density at radius 2 is 1.94 bits per heavy atom. The van der Waals surface area contributed by atoms with Crippen molar-refractivity contribution in [3.8, 4) is 0 Å². The van der Waals surface area contributed by atoms with E-state index in [9.17, 15) is 0 Å². The fourth-order valence-corrected chi connectivity index (χ4v) is 5.15. The number of ether oxygens (including phenoxy) is 1. The van der Waals surface area contributed by atoms with E-state index in [-0.39, 0.29) is 18.5 Å². The molecule has 1 saturated heterocycles. The minimum Gasteiger partial charge on any atom is -0.375 e. The van der Waals surface area contributed by atoms with Crippen LogP contribution in [0.3, 0.4) is 0 Å². The smallest absolute Gasteiger partial charge is 0.0759 e. The number of halogens is 2. The number of rotatable bonds is 6. The maximum Gasteiger partial charge on any atom is 0.0759 e. The van der Waals surface area contributed by atoms with Crippen LogP contribution in [0.15, 0.2) is 35.4 Å². The summed E-state index contributed by atoms with van der Waals surface area (Å²) >= 11 is 6.07. The Morgan fingerprint density at radius 3 is 2.56 bits per heavy atom. The predicted octanol–water partition coefficient (Wildman–Crippen LogP) is 5.45. The van der Waals surface area contributed by atoms with Gasteiger partial charge in [0.15, 0.2) is 0 Å². The molecule has 1 saturated carbocycles. The van der Waals surface area contributed by atoms with Gasteiger partial charge in [-0.2, -0.15) is 5.10 Å². The lowest BCUT2D eigenvalue weighted by atomic mass is 9.82. The van der Waals surface area contributed by atoms with Crippen molar-refractivity contribution in [2.45, 2.75) is 63.1 Å². The van der Waals surface area contributed by atoms with Crippen LogP contribution in [-0.4, -0.2) is 52.6 Å². The third-order valence-electron chi connectivity index (χ3n) is 6.86. The Labute approximate surface area is 201 Å². The molecule has 2 fully saturated rings. The van der Waals surface area contributed by atoms with Crippen LogP contribution >= 0.6 is 24.0 Å². The van der Waals surface area contributed by atoms with Crippen molar-refractivity contribution in [1.29, 1.82) is 0 Å². The summed E-state index contributed by atoms with van der Waals surface area (Å²) in [7, 11) is 2.02. The average molecular weight is 479 g/mol. The second kappa shape index (κ2) is 11.4. The van der Waals surface area contributed by atoms with Crippen LogP contribution in [0.25, 0.3) is 10.4 Å². The standard InChI is InChI=1S/C23H31ClN6O.ClH/c1-16-11-23(27-29(16)2)18-5-9-20(10-6-18)30-14-22(13-26-28-25)31-15-21(30)12-17-3-7-19(24)8-4-17;/h3-4,7-8,11,18,20-22H,5-6,9-10,12-15H2,1-2H3;1H/t18?,20?,21-,22-;/m0./s1. The Hall–Kier alpha value is -1.76. The zero-order chi connectivity index (χ0) is 21.8. The second-order valence-electron chi connectivity index (χ2n) is 8.89.